The standard InChI is InChI=1S/C37H56N2O2/c1-3-5-7-8-10-12-29-13-15-31(16-14-29)17-18-32-27-38-36(39-28-32)33-23-25-35(26-24-33)41-37(40)34-21-19-30(20-22-34)11-9-6-4-2/h23-31,34H,3-22H2,1-2H3. The third-order valence-corrected chi connectivity index (χ3v) is 9.96. The second kappa shape index (κ2) is 17.7. The monoisotopic (exact) mass is 560 g/mol. The number of aromatic nitrogens is 2. The molecule has 4 nitrogen and oxygen atoms in total. The van der Waals surface area contributed by atoms with Gasteiger partial charge < -0.3 is 4.74 Å². The van der Waals surface area contributed by atoms with E-state index in [2.05, 4.69) is 23.8 Å². The summed E-state index contributed by atoms with van der Waals surface area (Å²) in [6.45, 7) is 4.55. The van der Waals surface area contributed by atoms with Gasteiger partial charge in [-0.3, -0.25) is 4.79 Å². The van der Waals surface area contributed by atoms with E-state index in [9.17, 15) is 4.79 Å². The molecule has 1 aromatic carbocycles. The van der Waals surface area contributed by atoms with Crippen molar-refractivity contribution >= 4 is 5.97 Å². The normalized spacial score (nSPS) is 22.9. The van der Waals surface area contributed by atoms with Crippen LogP contribution in [0, 0.1) is 23.7 Å². The molecule has 2 aliphatic carbocycles. The summed E-state index contributed by atoms with van der Waals surface area (Å²) >= 11 is 0. The van der Waals surface area contributed by atoms with Gasteiger partial charge in [0, 0.05) is 18.0 Å². The number of hydrogen-bond acceptors (Lipinski definition) is 4. The molecule has 1 aromatic heterocycles. The van der Waals surface area contributed by atoms with Crippen molar-refractivity contribution in [2.24, 2.45) is 23.7 Å². The van der Waals surface area contributed by atoms with Crippen LogP contribution in [0.15, 0.2) is 36.7 Å². The van der Waals surface area contributed by atoms with E-state index in [-0.39, 0.29) is 11.9 Å². The Labute approximate surface area is 250 Å². The van der Waals surface area contributed by atoms with Gasteiger partial charge in [0.2, 0.25) is 0 Å². The lowest BCUT2D eigenvalue weighted by Crippen LogP contribution is -2.25. The summed E-state index contributed by atoms with van der Waals surface area (Å²) in [6, 6.07) is 7.68. The maximum atomic E-state index is 12.7. The molecule has 0 amide bonds. The molecule has 41 heavy (non-hydrogen) atoms. The van der Waals surface area contributed by atoms with Gasteiger partial charge in [-0.25, -0.2) is 9.97 Å². The van der Waals surface area contributed by atoms with Gasteiger partial charge in [-0.1, -0.05) is 104 Å². The summed E-state index contributed by atoms with van der Waals surface area (Å²) in [5.41, 5.74) is 2.19. The molecule has 2 aliphatic rings. The van der Waals surface area contributed by atoms with Gasteiger partial charge in [0.25, 0.3) is 0 Å². The minimum Gasteiger partial charge on any atom is -0.426 e. The summed E-state index contributed by atoms with van der Waals surface area (Å²) in [7, 11) is 0. The van der Waals surface area contributed by atoms with E-state index in [1.165, 1.54) is 102 Å². The first kappa shape index (κ1) is 31.7. The maximum Gasteiger partial charge on any atom is 0.314 e. The van der Waals surface area contributed by atoms with Crippen molar-refractivity contribution in [3.8, 4) is 17.1 Å². The summed E-state index contributed by atoms with van der Waals surface area (Å²) in [5, 5.41) is 0. The molecule has 4 rings (SSSR count). The Bertz CT molecular complexity index is 987. The molecule has 0 radical (unpaired) electrons. The zero-order valence-corrected chi connectivity index (χ0v) is 26.1. The highest BCUT2D eigenvalue weighted by atomic mass is 16.5. The van der Waals surface area contributed by atoms with Crippen molar-refractivity contribution in [2.75, 3.05) is 0 Å². The van der Waals surface area contributed by atoms with Crippen molar-refractivity contribution in [2.45, 2.75) is 142 Å². The van der Waals surface area contributed by atoms with Gasteiger partial charge in [0.1, 0.15) is 5.75 Å². The highest BCUT2D eigenvalue weighted by Crippen LogP contribution is 2.35. The molecule has 1 heterocycles. The van der Waals surface area contributed by atoms with E-state index in [0.717, 1.165) is 61.2 Å². The first-order valence-corrected chi connectivity index (χ1v) is 17.3. The van der Waals surface area contributed by atoms with Crippen LogP contribution in [-0.4, -0.2) is 15.9 Å². The topological polar surface area (TPSA) is 52.1 Å². The molecule has 226 valence electrons. The van der Waals surface area contributed by atoms with E-state index >= 15 is 0 Å². The Kier molecular flexibility index (Phi) is 13.7. The number of rotatable bonds is 16. The Morgan fingerprint density at radius 1 is 0.683 bits per heavy atom. The molecule has 0 aliphatic heterocycles. The number of ether oxygens (including phenoxy) is 1. The average molecular weight is 561 g/mol. The quantitative estimate of drug-likeness (QED) is 0.116. The zero-order chi connectivity index (χ0) is 28.7. The van der Waals surface area contributed by atoms with Crippen LogP contribution in [0.4, 0.5) is 0 Å². The molecule has 0 saturated heterocycles. The van der Waals surface area contributed by atoms with Crippen molar-refractivity contribution in [3.05, 3.63) is 42.2 Å². The molecular formula is C37H56N2O2. The van der Waals surface area contributed by atoms with E-state index in [4.69, 9.17) is 4.74 Å². The van der Waals surface area contributed by atoms with Crippen molar-refractivity contribution in [3.63, 3.8) is 0 Å². The van der Waals surface area contributed by atoms with E-state index in [0.29, 0.717) is 5.75 Å². The second-order valence-corrected chi connectivity index (χ2v) is 13.2. The number of unbranched alkanes of at least 4 members (excludes halogenated alkanes) is 6. The zero-order valence-electron chi connectivity index (χ0n) is 26.1. The van der Waals surface area contributed by atoms with Gasteiger partial charge in [-0.15, -0.1) is 0 Å². The number of carbonyl (C=O) groups is 1. The minimum atomic E-state index is -0.0683. The second-order valence-electron chi connectivity index (χ2n) is 13.2. The third kappa shape index (κ3) is 10.8. The number of esters is 1. The predicted octanol–water partition coefficient (Wildman–Crippen LogP) is 10.5. The summed E-state index contributed by atoms with van der Waals surface area (Å²) in [6.07, 6.45) is 30.0. The van der Waals surface area contributed by atoms with Crippen LogP contribution >= 0.6 is 0 Å². The Balaban J connectivity index is 1.14. The van der Waals surface area contributed by atoms with Gasteiger partial charge in [-0.05, 0) is 86.1 Å². The van der Waals surface area contributed by atoms with Crippen LogP contribution in [0.1, 0.15) is 141 Å². The largest absolute Gasteiger partial charge is 0.426 e. The molecule has 2 aromatic rings. The van der Waals surface area contributed by atoms with Gasteiger partial charge >= 0.3 is 5.97 Å². The van der Waals surface area contributed by atoms with Crippen molar-refractivity contribution in [1.82, 2.24) is 9.97 Å². The van der Waals surface area contributed by atoms with Gasteiger partial charge in [0.05, 0.1) is 5.92 Å². The Morgan fingerprint density at radius 3 is 1.80 bits per heavy atom. The van der Waals surface area contributed by atoms with Gasteiger partial charge in [-0.2, -0.15) is 0 Å². The van der Waals surface area contributed by atoms with Crippen molar-refractivity contribution < 1.29 is 9.53 Å². The number of hydrogen-bond donors (Lipinski definition) is 0. The smallest absolute Gasteiger partial charge is 0.314 e. The SMILES string of the molecule is CCCCCCCC1CCC(CCc2cnc(-c3ccc(OC(=O)C4CCC(CCCCC)CC4)cc3)nc2)CC1. The Morgan fingerprint density at radius 2 is 1.20 bits per heavy atom. The molecule has 2 saturated carbocycles. The minimum absolute atomic E-state index is 0.0448. The first-order chi connectivity index (χ1) is 20.1. The molecule has 2 fully saturated rings. The van der Waals surface area contributed by atoms with Crippen LogP contribution < -0.4 is 4.74 Å². The van der Waals surface area contributed by atoms with Crippen LogP contribution in [0.2, 0.25) is 0 Å². The van der Waals surface area contributed by atoms with Gasteiger partial charge in [0.15, 0.2) is 5.82 Å². The number of aryl methyl sites for hydroxylation is 1. The molecule has 0 N–H and O–H groups in total. The molecule has 0 unspecified atom stereocenters. The fourth-order valence-electron chi connectivity index (χ4n) is 7.09. The lowest BCUT2D eigenvalue weighted by atomic mass is 9.78. The van der Waals surface area contributed by atoms with Crippen LogP contribution in [-0.2, 0) is 11.2 Å². The van der Waals surface area contributed by atoms with E-state index in [1.54, 1.807) is 0 Å². The number of benzene rings is 1. The molecular weight excluding hydrogens is 504 g/mol. The fourth-order valence-corrected chi connectivity index (χ4v) is 7.09. The summed E-state index contributed by atoms with van der Waals surface area (Å²) in [4.78, 5) is 22.1. The third-order valence-electron chi connectivity index (χ3n) is 9.96. The number of carbonyl (C=O) groups excluding carboxylic acids is 1. The predicted molar refractivity (Wildman–Crippen MR) is 170 cm³/mol. The summed E-state index contributed by atoms with van der Waals surface area (Å²) < 4.78 is 5.75. The Hall–Kier alpha value is -2.23. The average Bonchev–Trinajstić information content (AvgIpc) is 3.02. The lowest BCUT2D eigenvalue weighted by molar-refractivity contribution is -0.140. The highest BCUT2D eigenvalue weighted by molar-refractivity contribution is 5.75. The van der Waals surface area contributed by atoms with E-state index in [1.807, 2.05) is 36.7 Å². The number of nitrogens with zero attached hydrogens (tertiary/aromatic N) is 2. The molecule has 0 atom stereocenters. The lowest BCUT2D eigenvalue weighted by Gasteiger charge is -2.28. The van der Waals surface area contributed by atoms with Crippen molar-refractivity contribution in [1.29, 1.82) is 0 Å². The molecule has 4 heteroatoms. The maximum absolute atomic E-state index is 12.7. The van der Waals surface area contributed by atoms with Crippen LogP contribution in [0.3, 0.4) is 0 Å². The highest BCUT2D eigenvalue weighted by Gasteiger charge is 2.27. The van der Waals surface area contributed by atoms with E-state index < -0.39 is 0 Å². The van der Waals surface area contributed by atoms with Crippen LogP contribution in [0.5, 0.6) is 5.75 Å². The summed E-state index contributed by atoms with van der Waals surface area (Å²) in [5.74, 6) is 3.96. The van der Waals surface area contributed by atoms with Crippen LogP contribution in [0.25, 0.3) is 11.4 Å². The molecule has 0 bridgehead atoms. The molecule has 0 spiro atoms. The fraction of sp³-hybridized carbons (Fsp3) is 0.703. The first-order valence-electron chi connectivity index (χ1n) is 17.3.